The number of rotatable bonds is 0. The molecule has 3 N–H and O–H groups in total. The lowest BCUT2D eigenvalue weighted by molar-refractivity contribution is -0.219. The Hall–Kier alpha value is -0.160. The first-order valence-electron chi connectivity index (χ1n) is 3.87. The van der Waals surface area contributed by atoms with Crippen molar-refractivity contribution in [3.05, 3.63) is 0 Å². The van der Waals surface area contributed by atoms with Gasteiger partial charge in [0.2, 0.25) is 0 Å². The second kappa shape index (κ2) is 5.49. The number of hydrogen-bond donors (Lipinski definition) is 3. The van der Waals surface area contributed by atoms with E-state index < -0.39 is 18.5 Å². The molecule has 0 aliphatic carbocycles. The van der Waals surface area contributed by atoms with Crippen LogP contribution in [0, 0.1) is 0 Å². The van der Waals surface area contributed by atoms with Gasteiger partial charge in [0.1, 0.15) is 6.10 Å². The lowest BCUT2D eigenvalue weighted by Crippen LogP contribution is -2.44. The van der Waals surface area contributed by atoms with Crippen molar-refractivity contribution in [3.8, 4) is 0 Å². The SMILES string of the molecule is CC.OC1CCOC(O)[C@@H]1O. The molecule has 0 aromatic rings. The van der Waals surface area contributed by atoms with E-state index >= 15 is 0 Å². The molecule has 1 rings (SSSR count). The molecule has 4 nitrogen and oxygen atoms in total. The Morgan fingerprint density at radius 1 is 1.18 bits per heavy atom. The van der Waals surface area contributed by atoms with Crippen molar-refractivity contribution in [1.82, 2.24) is 0 Å². The van der Waals surface area contributed by atoms with Crippen LogP contribution in [0.2, 0.25) is 0 Å². The molecule has 0 saturated carbocycles. The first kappa shape index (κ1) is 10.8. The average molecular weight is 164 g/mol. The highest BCUT2D eigenvalue weighted by Crippen LogP contribution is 2.11. The maximum atomic E-state index is 8.86. The lowest BCUT2D eigenvalue weighted by atomic mass is 10.1. The fourth-order valence-corrected chi connectivity index (χ4v) is 0.769. The summed E-state index contributed by atoms with van der Waals surface area (Å²) in [7, 11) is 0. The van der Waals surface area contributed by atoms with Crippen molar-refractivity contribution in [3.63, 3.8) is 0 Å². The van der Waals surface area contributed by atoms with Gasteiger partial charge < -0.3 is 20.1 Å². The predicted molar refractivity (Wildman–Crippen MR) is 39.9 cm³/mol. The summed E-state index contributed by atoms with van der Waals surface area (Å²) in [5, 5.41) is 26.4. The minimum atomic E-state index is -1.21. The van der Waals surface area contributed by atoms with Crippen LogP contribution in [0.5, 0.6) is 0 Å². The molecule has 3 atom stereocenters. The Morgan fingerprint density at radius 3 is 2.09 bits per heavy atom. The third-order valence-corrected chi connectivity index (χ3v) is 1.39. The monoisotopic (exact) mass is 164 g/mol. The van der Waals surface area contributed by atoms with E-state index in [9.17, 15) is 0 Å². The molecular formula is C7H16O4. The minimum absolute atomic E-state index is 0.305. The summed E-state index contributed by atoms with van der Waals surface area (Å²) in [5.41, 5.74) is 0. The van der Waals surface area contributed by atoms with Gasteiger partial charge in [0.25, 0.3) is 0 Å². The Bertz CT molecular complexity index is 86.4. The molecule has 1 saturated heterocycles. The van der Waals surface area contributed by atoms with E-state index in [0.717, 1.165) is 0 Å². The largest absolute Gasteiger partial charge is 0.390 e. The standard InChI is InChI=1S/C5H10O4.C2H6/c6-3-1-2-9-5(8)4(3)7;1-2/h3-8H,1-2H2;1-2H3/t3?,4-,5?;/m1./s1. The van der Waals surface area contributed by atoms with E-state index in [4.69, 9.17) is 15.3 Å². The zero-order valence-electron chi connectivity index (χ0n) is 6.90. The average Bonchev–Trinajstić information content (AvgIpc) is 2.04. The molecule has 68 valence electrons. The quantitative estimate of drug-likeness (QED) is 0.450. The Balaban J connectivity index is 0.000000461. The molecule has 1 aliphatic heterocycles. The molecule has 0 spiro atoms. The van der Waals surface area contributed by atoms with Crippen molar-refractivity contribution in [2.45, 2.75) is 38.8 Å². The van der Waals surface area contributed by atoms with Gasteiger partial charge in [0.15, 0.2) is 6.29 Å². The summed E-state index contributed by atoms with van der Waals surface area (Å²) in [4.78, 5) is 0. The first-order chi connectivity index (χ1) is 5.22. The number of hydrogen-bond acceptors (Lipinski definition) is 4. The number of aliphatic hydroxyl groups excluding tert-OH is 3. The zero-order valence-corrected chi connectivity index (χ0v) is 6.90. The maximum Gasteiger partial charge on any atom is 0.183 e. The van der Waals surface area contributed by atoms with Gasteiger partial charge in [-0.25, -0.2) is 0 Å². The van der Waals surface area contributed by atoms with Crippen LogP contribution >= 0.6 is 0 Å². The smallest absolute Gasteiger partial charge is 0.183 e. The molecule has 0 amide bonds. The normalized spacial score (nSPS) is 37.4. The highest BCUT2D eigenvalue weighted by atomic mass is 16.6. The van der Waals surface area contributed by atoms with Crippen LogP contribution in [0.1, 0.15) is 20.3 Å². The molecule has 0 radical (unpaired) electrons. The van der Waals surface area contributed by atoms with Crippen molar-refractivity contribution in [2.24, 2.45) is 0 Å². The molecule has 0 aromatic carbocycles. The van der Waals surface area contributed by atoms with Crippen molar-refractivity contribution < 1.29 is 20.1 Å². The van der Waals surface area contributed by atoms with E-state index in [1.807, 2.05) is 13.8 Å². The fourth-order valence-electron chi connectivity index (χ4n) is 0.769. The van der Waals surface area contributed by atoms with E-state index in [0.29, 0.717) is 13.0 Å². The van der Waals surface area contributed by atoms with E-state index in [1.165, 1.54) is 0 Å². The topological polar surface area (TPSA) is 69.9 Å². The number of ether oxygens (including phenoxy) is 1. The molecule has 1 heterocycles. The number of aliphatic hydroxyl groups is 3. The highest BCUT2D eigenvalue weighted by molar-refractivity contribution is 4.73. The predicted octanol–water partition coefficient (Wildman–Crippen LogP) is -0.527. The van der Waals surface area contributed by atoms with Crippen LogP contribution in [0.3, 0.4) is 0 Å². The summed E-state index contributed by atoms with van der Waals surface area (Å²) in [5.74, 6) is 0. The Labute approximate surface area is 66.4 Å². The molecular weight excluding hydrogens is 148 g/mol. The summed E-state index contributed by atoms with van der Waals surface area (Å²) in [6, 6.07) is 0. The molecule has 1 fully saturated rings. The molecule has 4 heteroatoms. The zero-order chi connectivity index (χ0) is 8.85. The maximum absolute atomic E-state index is 8.86. The first-order valence-corrected chi connectivity index (χ1v) is 3.87. The molecule has 11 heavy (non-hydrogen) atoms. The molecule has 0 aromatic heterocycles. The Morgan fingerprint density at radius 2 is 1.73 bits per heavy atom. The van der Waals surface area contributed by atoms with E-state index in [1.54, 1.807) is 0 Å². The van der Waals surface area contributed by atoms with Crippen molar-refractivity contribution in [2.75, 3.05) is 6.61 Å². The van der Waals surface area contributed by atoms with Gasteiger partial charge in [0.05, 0.1) is 12.7 Å². The minimum Gasteiger partial charge on any atom is -0.390 e. The molecule has 0 bridgehead atoms. The highest BCUT2D eigenvalue weighted by Gasteiger charge is 2.29. The summed E-state index contributed by atoms with van der Waals surface area (Å²) >= 11 is 0. The van der Waals surface area contributed by atoms with E-state index in [-0.39, 0.29) is 0 Å². The van der Waals surface area contributed by atoms with Gasteiger partial charge >= 0.3 is 0 Å². The lowest BCUT2D eigenvalue weighted by Gasteiger charge is -2.27. The second-order valence-electron chi connectivity index (χ2n) is 2.11. The fraction of sp³-hybridized carbons (Fsp3) is 1.00. The summed E-state index contributed by atoms with van der Waals surface area (Å²) in [6.45, 7) is 4.30. The van der Waals surface area contributed by atoms with Crippen molar-refractivity contribution >= 4 is 0 Å². The van der Waals surface area contributed by atoms with Crippen LogP contribution in [0.4, 0.5) is 0 Å². The second-order valence-corrected chi connectivity index (χ2v) is 2.11. The van der Waals surface area contributed by atoms with Gasteiger partial charge in [0, 0.05) is 0 Å². The molecule has 1 aliphatic rings. The van der Waals surface area contributed by atoms with Gasteiger partial charge in [-0.3, -0.25) is 0 Å². The van der Waals surface area contributed by atoms with E-state index in [2.05, 4.69) is 4.74 Å². The van der Waals surface area contributed by atoms with Crippen LogP contribution < -0.4 is 0 Å². The summed E-state index contributed by atoms with van der Waals surface area (Å²) < 4.78 is 4.61. The Kier molecular flexibility index (Phi) is 5.41. The van der Waals surface area contributed by atoms with Gasteiger partial charge in [-0.15, -0.1) is 0 Å². The van der Waals surface area contributed by atoms with Gasteiger partial charge in [-0.1, -0.05) is 13.8 Å². The third-order valence-electron chi connectivity index (χ3n) is 1.39. The van der Waals surface area contributed by atoms with Crippen LogP contribution in [0.15, 0.2) is 0 Å². The van der Waals surface area contributed by atoms with Gasteiger partial charge in [-0.05, 0) is 6.42 Å². The summed E-state index contributed by atoms with van der Waals surface area (Å²) in [6.07, 6.45) is -2.81. The van der Waals surface area contributed by atoms with Crippen molar-refractivity contribution in [1.29, 1.82) is 0 Å². The van der Waals surface area contributed by atoms with Gasteiger partial charge in [-0.2, -0.15) is 0 Å². The third kappa shape index (κ3) is 3.16. The van der Waals surface area contributed by atoms with Crippen LogP contribution in [-0.4, -0.2) is 40.4 Å². The van der Waals surface area contributed by atoms with Crippen LogP contribution in [0.25, 0.3) is 0 Å². The molecule has 2 unspecified atom stereocenters. The van der Waals surface area contributed by atoms with Crippen LogP contribution in [-0.2, 0) is 4.74 Å².